The van der Waals surface area contributed by atoms with E-state index in [2.05, 4.69) is 39.7 Å². The van der Waals surface area contributed by atoms with Crippen molar-refractivity contribution in [1.82, 2.24) is 5.32 Å². The van der Waals surface area contributed by atoms with Gasteiger partial charge in [-0.3, -0.25) is 0 Å². The number of likely N-dealkylation sites (N-methyl/N-ethyl adjacent to an activating group) is 1. The van der Waals surface area contributed by atoms with Crippen LogP contribution in [0.1, 0.15) is 17.7 Å². The van der Waals surface area contributed by atoms with Crippen molar-refractivity contribution in [2.75, 3.05) is 7.05 Å². The van der Waals surface area contributed by atoms with Crippen LogP contribution in [-0.4, -0.2) is 13.1 Å². The molecule has 1 aliphatic carbocycles. The van der Waals surface area contributed by atoms with E-state index in [9.17, 15) is 0 Å². The molecule has 1 atom stereocenters. The highest BCUT2D eigenvalue weighted by atomic mass is 79.9. The largest absolute Gasteiger partial charge is 0.316 e. The maximum absolute atomic E-state index is 3.49. The predicted octanol–water partition coefficient (Wildman–Crippen LogP) is 3.05. The molecule has 0 spiro atoms. The minimum atomic E-state index is 0.700. The maximum Gasteiger partial charge on any atom is 0.0285 e. The molecule has 1 unspecified atom stereocenters. The molecule has 2 rings (SSSR count). The van der Waals surface area contributed by atoms with Crippen molar-refractivity contribution >= 4 is 27.3 Å². The van der Waals surface area contributed by atoms with Gasteiger partial charge in [0.1, 0.15) is 0 Å². The van der Waals surface area contributed by atoms with Crippen molar-refractivity contribution in [3.8, 4) is 0 Å². The highest BCUT2D eigenvalue weighted by Gasteiger charge is 2.30. The van der Waals surface area contributed by atoms with Crippen LogP contribution in [0.4, 0.5) is 0 Å². The van der Waals surface area contributed by atoms with Crippen LogP contribution in [-0.2, 0) is 6.42 Å². The molecular weight excluding hydrogens is 246 g/mol. The number of halogens is 1. The average molecular weight is 260 g/mol. The highest BCUT2D eigenvalue weighted by Crippen LogP contribution is 2.34. The third kappa shape index (κ3) is 2.55. The second kappa shape index (κ2) is 4.11. The monoisotopic (exact) mass is 259 g/mol. The van der Waals surface area contributed by atoms with E-state index in [1.807, 2.05) is 11.3 Å². The third-order valence-corrected chi connectivity index (χ3v) is 4.32. The molecule has 1 nitrogen and oxygen atoms in total. The number of thiophene rings is 1. The minimum absolute atomic E-state index is 0.700. The Balaban J connectivity index is 1.95. The molecule has 13 heavy (non-hydrogen) atoms. The highest BCUT2D eigenvalue weighted by molar-refractivity contribution is 9.10. The number of rotatable bonds is 4. The van der Waals surface area contributed by atoms with Crippen LogP contribution >= 0.6 is 27.3 Å². The molecule has 1 fully saturated rings. The van der Waals surface area contributed by atoms with Gasteiger partial charge in [-0.15, -0.1) is 11.3 Å². The molecule has 0 aromatic carbocycles. The molecule has 72 valence electrons. The summed E-state index contributed by atoms with van der Waals surface area (Å²) in [5.41, 5.74) is 0. The third-order valence-electron chi connectivity index (χ3n) is 2.60. The van der Waals surface area contributed by atoms with Gasteiger partial charge in [0.15, 0.2) is 0 Å². The van der Waals surface area contributed by atoms with E-state index in [0.29, 0.717) is 6.04 Å². The molecule has 1 aromatic heterocycles. The second-order valence-electron chi connectivity index (χ2n) is 3.67. The van der Waals surface area contributed by atoms with Crippen LogP contribution in [0.2, 0.25) is 0 Å². The Morgan fingerprint density at radius 1 is 1.69 bits per heavy atom. The van der Waals surface area contributed by atoms with Crippen LogP contribution in [0.25, 0.3) is 0 Å². The van der Waals surface area contributed by atoms with Gasteiger partial charge >= 0.3 is 0 Å². The van der Waals surface area contributed by atoms with Crippen molar-refractivity contribution in [2.24, 2.45) is 5.92 Å². The van der Waals surface area contributed by atoms with Gasteiger partial charge in [0.25, 0.3) is 0 Å². The lowest BCUT2D eigenvalue weighted by Gasteiger charge is -2.13. The van der Waals surface area contributed by atoms with E-state index in [4.69, 9.17) is 0 Å². The number of hydrogen-bond donors (Lipinski definition) is 1. The molecule has 1 aromatic rings. The first-order chi connectivity index (χ1) is 6.29. The first-order valence-electron chi connectivity index (χ1n) is 4.70. The zero-order chi connectivity index (χ0) is 9.26. The van der Waals surface area contributed by atoms with Crippen LogP contribution in [0.15, 0.2) is 15.9 Å². The van der Waals surface area contributed by atoms with Gasteiger partial charge < -0.3 is 5.32 Å². The summed E-state index contributed by atoms with van der Waals surface area (Å²) in [6.07, 6.45) is 4.02. The molecule has 0 radical (unpaired) electrons. The van der Waals surface area contributed by atoms with Crippen LogP contribution in [0.3, 0.4) is 0 Å². The van der Waals surface area contributed by atoms with Gasteiger partial charge in [0.05, 0.1) is 0 Å². The Morgan fingerprint density at radius 2 is 2.46 bits per heavy atom. The summed E-state index contributed by atoms with van der Waals surface area (Å²) in [7, 11) is 2.08. The molecule has 1 saturated carbocycles. The van der Waals surface area contributed by atoms with Gasteiger partial charge in [0, 0.05) is 20.8 Å². The van der Waals surface area contributed by atoms with Gasteiger partial charge in [-0.05, 0) is 54.2 Å². The summed E-state index contributed by atoms with van der Waals surface area (Å²) in [6, 6.07) is 2.93. The lowest BCUT2D eigenvalue weighted by molar-refractivity contribution is 0.503. The van der Waals surface area contributed by atoms with Gasteiger partial charge in [-0.1, -0.05) is 0 Å². The Kier molecular flexibility index (Phi) is 3.06. The predicted molar refractivity (Wildman–Crippen MR) is 61.3 cm³/mol. The van der Waals surface area contributed by atoms with Gasteiger partial charge in [0.2, 0.25) is 0 Å². The lowest BCUT2D eigenvalue weighted by Crippen LogP contribution is -2.29. The van der Waals surface area contributed by atoms with Crippen molar-refractivity contribution in [3.63, 3.8) is 0 Å². The van der Waals surface area contributed by atoms with Crippen molar-refractivity contribution in [3.05, 3.63) is 20.8 Å². The quantitative estimate of drug-likeness (QED) is 0.877. The Labute approximate surface area is 91.7 Å². The van der Waals surface area contributed by atoms with Crippen molar-refractivity contribution < 1.29 is 0 Å². The number of nitrogens with one attached hydrogen (secondary N) is 1. The zero-order valence-corrected chi connectivity index (χ0v) is 10.1. The first kappa shape index (κ1) is 9.69. The molecule has 1 heterocycles. The zero-order valence-electron chi connectivity index (χ0n) is 7.72. The molecule has 1 N–H and O–H groups in total. The smallest absolute Gasteiger partial charge is 0.0285 e. The summed E-state index contributed by atoms with van der Waals surface area (Å²) in [6.45, 7) is 0. The second-order valence-corrected chi connectivity index (χ2v) is 5.58. The summed E-state index contributed by atoms with van der Waals surface area (Å²) >= 11 is 5.34. The Bertz CT molecular complexity index is 280. The van der Waals surface area contributed by atoms with E-state index in [-0.39, 0.29) is 0 Å². The van der Waals surface area contributed by atoms with E-state index in [0.717, 1.165) is 5.92 Å². The fourth-order valence-electron chi connectivity index (χ4n) is 1.68. The number of hydrogen-bond acceptors (Lipinski definition) is 2. The SMILES string of the molecule is CNC(Cc1cc(Br)cs1)C1CC1. The fourth-order valence-corrected chi connectivity index (χ4v) is 3.19. The summed E-state index contributed by atoms with van der Waals surface area (Å²) in [5, 5.41) is 5.57. The summed E-state index contributed by atoms with van der Waals surface area (Å²) in [5.74, 6) is 0.936. The van der Waals surface area contributed by atoms with Crippen molar-refractivity contribution in [1.29, 1.82) is 0 Å². The summed E-state index contributed by atoms with van der Waals surface area (Å²) < 4.78 is 1.22. The molecule has 3 heteroatoms. The van der Waals surface area contributed by atoms with Crippen molar-refractivity contribution in [2.45, 2.75) is 25.3 Å². The lowest BCUT2D eigenvalue weighted by atomic mass is 10.1. The molecule has 1 aliphatic rings. The maximum atomic E-state index is 3.49. The first-order valence-corrected chi connectivity index (χ1v) is 6.37. The van der Waals surface area contributed by atoms with E-state index < -0.39 is 0 Å². The Hall–Kier alpha value is 0.140. The standard InChI is InChI=1S/C10H14BrNS/c1-12-10(7-2-3-7)5-9-4-8(11)6-13-9/h4,6-7,10,12H,2-3,5H2,1H3. The van der Waals surface area contributed by atoms with Crippen LogP contribution in [0.5, 0.6) is 0 Å². The molecule has 0 aliphatic heterocycles. The fraction of sp³-hybridized carbons (Fsp3) is 0.600. The average Bonchev–Trinajstić information content (AvgIpc) is 2.87. The molecule has 0 bridgehead atoms. The molecular formula is C10H14BrNS. The van der Waals surface area contributed by atoms with Gasteiger partial charge in [-0.25, -0.2) is 0 Å². The van der Waals surface area contributed by atoms with Crippen LogP contribution < -0.4 is 5.32 Å². The normalized spacial score (nSPS) is 18.9. The minimum Gasteiger partial charge on any atom is -0.316 e. The van der Waals surface area contributed by atoms with Crippen LogP contribution in [0, 0.1) is 5.92 Å². The molecule has 0 saturated heterocycles. The molecule has 0 amide bonds. The van der Waals surface area contributed by atoms with E-state index in [1.165, 1.54) is 28.6 Å². The van der Waals surface area contributed by atoms with E-state index >= 15 is 0 Å². The van der Waals surface area contributed by atoms with Gasteiger partial charge in [-0.2, -0.15) is 0 Å². The Morgan fingerprint density at radius 3 is 2.92 bits per heavy atom. The summed E-state index contributed by atoms with van der Waals surface area (Å²) in [4.78, 5) is 1.48. The topological polar surface area (TPSA) is 12.0 Å². The van der Waals surface area contributed by atoms with E-state index in [1.54, 1.807) is 0 Å².